The lowest BCUT2D eigenvalue weighted by molar-refractivity contribution is 0.0179. The molecule has 0 aliphatic carbocycles. The van der Waals surface area contributed by atoms with E-state index >= 15 is 0 Å². The van der Waals surface area contributed by atoms with E-state index in [0.29, 0.717) is 5.52 Å². The lowest BCUT2D eigenvalue weighted by atomic mass is 10.0. The Morgan fingerprint density at radius 1 is 1.21 bits per heavy atom. The predicted octanol–water partition coefficient (Wildman–Crippen LogP) is -0.593. The number of carbonyl (C=O) groups is 1. The van der Waals surface area contributed by atoms with E-state index in [-0.39, 0.29) is 11.1 Å². The van der Waals surface area contributed by atoms with E-state index in [1.807, 2.05) is 0 Å². The number of hydrogen-bond donors (Lipinski definition) is 4. The maximum Gasteiger partial charge on any atom is 0.337 e. The highest BCUT2D eigenvalue weighted by molar-refractivity contribution is 6.00. The Hall–Kier alpha value is -1.96. The van der Waals surface area contributed by atoms with Gasteiger partial charge in [-0.2, -0.15) is 0 Å². The average Bonchev–Trinajstić information content (AvgIpc) is 2.86. The predicted molar refractivity (Wildman–Crippen MR) is 65.9 cm³/mol. The summed E-state index contributed by atoms with van der Waals surface area (Å²) in [7, 11) is 0. The number of aliphatic hydroxyl groups is 3. The van der Waals surface area contributed by atoms with Gasteiger partial charge in [-0.1, -0.05) is 6.07 Å². The molecule has 1 aromatic carbocycles. The molecule has 0 atom stereocenters. The third-order valence-electron chi connectivity index (χ3n) is 3.20. The Kier molecular flexibility index (Phi) is 3.52. The van der Waals surface area contributed by atoms with E-state index in [9.17, 15) is 20.1 Å². The van der Waals surface area contributed by atoms with Gasteiger partial charge in [-0.05, 0) is 12.1 Å². The first kappa shape index (κ1) is 13.5. The molecule has 0 aliphatic heterocycles. The third-order valence-corrected chi connectivity index (χ3v) is 3.20. The van der Waals surface area contributed by atoms with E-state index in [1.165, 1.54) is 17.0 Å². The largest absolute Gasteiger partial charge is 0.478 e. The number of benzene rings is 1. The zero-order valence-electron chi connectivity index (χ0n) is 10.0. The first-order chi connectivity index (χ1) is 9.09. The molecule has 0 unspecified atom stereocenters. The molecule has 0 bridgehead atoms. The van der Waals surface area contributed by atoms with Crippen molar-refractivity contribution in [2.24, 2.45) is 0 Å². The third kappa shape index (κ3) is 1.97. The minimum atomic E-state index is -1.31. The van der Waals surface area contributed by atoms with Crippen molar-refractivity contribution in [3.63, 3.8) is 0 Å². The number of aromatic nitrogens is 2. The van der Waals surface area contributed by atoms with E-state index in [4.69, 9.17) is 5.11 Å². The summed E-state index contributed by atoms with van der Waals surface area (Å²) in [6, 6.07) is 4.58. The summed E-state index contributed by atoms with van der Waals surface area (Å²) in [4.78, 5) is 15.1. The lowest BCUT2D eigenvalue weighted by Gasteiger charge is -2.29. The Bertz CT molecular complexity index is 595. The van der Waals surface area contributed by atoms with Crippen LogP contribution >= 0.6 is 0 Å². The van der Waals surface area contributed by atoms with Gasteiger partial charge in [0.15, 0.2) is 0 Å². The van der Waals surface area contributed by atoms with Crippen LogP contribution in [0.1, 0.15) is 10.4 Å². The first-order valence-corrected chi connectivity index (χ1v) is 5.62. The van der Waals surface area contributed by atoms with Crippen LogP contribution in [0.15, 0.2) is 24.5 Å². The van der Waals surface area contributed by atoms with Crippen LogP contribution in [0, 0.1) is 0 Å². The number of imidazole rings is 1. The van der Waals surface area contributed by atoms with Crippen LogP contribution in [0.2, 0.25) is 0 Å². The molecule has 2 aromatic rings. The molecule has 0 saturated carbocycles. The van der Waals surface area contributed by atoms with Crippen LogP contribution < -0.4 is 0 Å². The molecule has 0 spiro atoms. The van der Waals surface area contributed by atoms with Crippen molar-refractivity contribution in [2.75, 3.05) is 19.8 Å². The van der Waals surface area contributed by atoms with Gasteiger partial charge in [-0.3, -0.25) is 0 Å². The topological polar surface area (TPSA) is 116 Å². The number of rotatable bonds is 5. The second-order valence-electron chi connectivity index (χ2n) is 4.29. The van der Waals surface area contributed by atoms with Crippen LogP contribution in [0.4, 0.5) is 0 Å². The van der Waals surface area contributed by atoms with Gasteiger partial charge in [0.05, 0.1) is 37.2 Å². The minimum Gasteiger partial charge on any atom is -0.478 e. The highest BCUT2D eigenvalue weighted by atomic mass is 16.4. The molecule has 7 nitrogen and oxygen atoms in total. The van der Waals surface area contributed by atoms with Gasteiger partial charge in [-0.15, -0.1) is 0 Å². The van der Waals surface area contributed by atoms with Gasteiger partial charge in [0, 0.05) is 0 Å². The van der Waals surface area contributed by atoms with Gasteiger partial charge in [-0.25, -0.2) is 9.78 Å². The lowest BCUT2D eigenvalue weighted by Crippen LogP contribution is -2.44. The van der Waals surface area contributed by atoms with Crippen LogP contribution in [-0.2, 0) is 5.54 Å². The molecule has 7 heteroatoms. The smallest absolute Gasteiger partial charge is 0.337 e. The molecule has 0 radical (unpaired) electrons. The number of carboxylic acid groups (broad SMARTS) is 1. The summed E-state index contributed by atoms with van der Waals surface area (Å²) < 4.78 is 1.40. The SMILES string of the molecule is O=C(O)c1cccc2c1ncn2C(CO)(CO)CO. The standard InChI is InChI=1S/C12H14N2O5/c15-4-12(5-16,6-17)14-7-13-10-8(11(18)19)2-1-3-9(10)14/h1-3,7,15-17H,4-6H2,(H,18,19). The van der Waals surface area contributed by atoms with Crippen LogP contribution in [-0.4, -0.2) is 55.8 Å². The zero-order chi connectivity index (χ0) is 14.0. The molecular weight excluding hydrogens is 252 g/mol. The van der Waals surface area contributed by atoms with Gasteiger partial charge in [0.25, 0.3) is 0 Å². The summed E-state index contributed by atoms with van der Waals surface area (Å²) in [6.45, 7) is -1.49. The van der Waals surface area contributed by atoms with Crippen molar-refractivity contribution in [1.29, 1.82) is 0 Å². The number of aliphatic hydroxyl groups excluding tert-OH is 3. The zero-order valence-corrected chi connectivity index (χ0v) is 10.0. The number of aromatic carboxylic acids is 1. The second kappa shape index (κ2) is 4.96. The molecule has 0 fully saturated rings. The molecule has 102 valence electrons. The number of carboxylic acids is 1. The van der Waals surface area contributed by atoms with Gasteiger partial charge in [0.1, 0.15) is 11.1 Å². The normalized spacial score (nSPS) is 11.9. The second-order valence-corrected chi connectivity index (χ2v) is 4.29. The molecule has 0 saturated heterocycles. The molecule has 1 heterocycles. The van der Waals surface area contributed by atoms with Gasteiger partial charge in [0.2, 0.25) is 0 Å². The molecule has 19 heavy (non-hydrogen) atoms. The minimum absolute atomic E-state index is 0.0268. The maximum absolute atomic E-state index is 11.1. The summed E-state index contributed by atoms with van der Waals surface area (Å²) in [5.41, 5.74) is -0.614. The maximum atomic E-state index is 11.1. The van der Waals surface area contributed by atoms with Crippen molar-refractivity contribution < 1.29 is 25.2 Å². The van der Waals surface area contributed by atoms with Crippen molar-refractivity contribution >= 4 is 17.0 Å². The number of nitrogens with zero attached hydrogens (tertiary/aromatic N) is 2. The van der Waals surface area contributed by atoms with E-state index < -0.39 is 31.3 Å². The fourth-order valence-electron chi connectivity index (χ4n) is 1.97. The molecular formula is C12H14N2O5. The number of para-hydroxylation sites is 1. The van der Waals surface area contributed by atoms with Crippen molar-refractivity contribution in [3.8, 4) is 0 Å². The fourth-order valence-corrected chi connectivity index (χ4v) is 1.97. The molecule has 0 amide bonds. The Labute approximate surface area is 108 Å². The quantitative estimate of drug-likeness (QED) is 0.574. The fraction of sp³-hybridized carbons (Fsp3) is 0.333. The monoisotopic (exact) mass is 266 g/mol. The summed E-state index contributed by atoms with van der Waals surface area (Å²) in [6.07, 6.45) is 1.31. The van der Waals surface area contributed by atoms with Crippen LogP contribution in [0.3, 0.4) is 0 Å². The van der Waals surface area contributed by atoms with Crippen molar-refractivity contribution in [2.45, 2.75) is 5.54 Å². The van der Waals surface area contributed by atoms with E-state index in [2.05, 4.69) is 4.98 Å². The first-order valence-electron chi connectivity index (χ1n) is 5.62. The highest BCUT2D eigenvalue weighted by Crippen LogP contribution is 2.24. The highest BCUT2D eigenvalue weighted by Gasteiger charge is 2.32. The average molecular weight is 266 g/mol. The van der Waals surface area contributed by atoms with Crippen LogP contribution in [0.25, 0.3) is 11.0 Å². The summed E-state index contributed by atoms with van der Waals surface area (Å²) in [5.74, 6) is -1.11. The Morgan fingerprint density at radius 3 is 2.37 bits per heavy atom. The van der Waals surface area contributed by atoms with Crippen LogP contribution in [0.5, 0.6) is 0 Å². The molecule has 0 aliphatic rings. The Morgan fingerprint density at radius 2 is 1.84 bits per heavy atom. The summed E-state index contributed by atoms with van der Waals surface area (Å²) in [5, 5.41) is 37.3. The van der Waals surface area contributed by atoms with Crippen molar-refractivity contribution in [3.05, 3.63) is 30.1 Å². The van der Waals surface area contributed by atoms with Gasteiger partial charge < -0.3 is 25.0 Å². The Balaban J connectivity index is 2.70. The summed E-state index contributed by atoms with van der Waals surface area (Å²) >= 11 is 0. The van der Waals surface area contributed by atoms with E-state index in [1.54, 1.807) is 12.1 Å². The van der Waals surface area contributed by atoms with Crippen molar-refractivity contribution in [1.82, 2.24) is 9.55 Å². The van der Waals surface area contributed by atoms with E-state index in [0.717, 1.165) is 0 Å². The number of hydrogen-bond acceptors (Lipinski definition) is 5. The molecule has 2 rings (SSSR count). The number of fused-ring (bicyclic) bond motifs is 1. The van der Waals surface area contributed by atoms with Gasteiger partial charge >= 0.3 is 5.97 Å². The molecule has 4 N–H and O–H groups in total. The molecule has 1 aromatic heterocycles.